The molecule has 142 valence electrons. The third kappa shape index (κ3) is 4.32. The lowest BCUT2D eigenvalue weighted by atomic mass is 9.83. The van der Waals surface area contributed by atoms with Gasteiger partial charge in [-0.2, -0.15) is 0 Å². The van der Waals surface area contributed by atoms with Gasteiger partial charge >= 0.3 is 5.97 Å². The number of hydrogen-bond acceptors (Lipinski definition) is 3. The number of ether oxygens (including phenoxy) is 1. The van der Waals surface area contributed by atoms with Crippen LogP contribution in [0.25, 0.3) is 11.1 Å². The minimum Gasteiger partial charge on any atom is -0.423 e. The van der Waals surface area contributed by atoms with E-state index in [0.29, 0.717) is 17.2 Å². The van der Waals surface area contributed by atoms with Crippen molar-refractivity contribution in [3.63, 3.8) is 0 Å². The highest BCUT2D eigenvalue weighted by molar-refractivity contribution is 5.91. The van der Waals surface area contributed by atoms with Gasteiger partial charge in [-0.1, -0.05) is 54.6 Å². The summed E-state index contributed by atoms with van der Waals surface area (Å²) in [5.74, 6) is 0.684. The Balaban J connectivity index is 1.39. The van der Waals surface area contributed by atoms with Crippen molar-refractivity contribution in [2.45, 2.75) is 37.7 Å². The molecule has 28 heavy (non-hydrogen) atoms. The van der Waals surface area contributed by atoms with Gasteiger partial charge < -0.3 is 9.84 Å². The molecule has 0 spiro atoms. The fourth-order valence-corrected chi connectivity index (χ4v) is 3.81. The first-order valence-electron chi connectivity index (χ1n) is 9.85. The van der Waals surface area contributed by atoms with Crippen molar-refractivity contribution in [3.8, 4) is 16.9 Å². The second-order valence-electron chi connectivity index (χ2n) is 7.41. The highest BCUT2D eigenvalue weighted by atomic mass is 16.5. The first kappa shape index (κ1) is 18.5. The summed E-state index contributed by atoms with van der Waals surface area (Å²) >= 11 is 0. The molecule has 3 heteroatoms. The molecule has 3 aromatic carbocycles. The molecule has 4 rings (SSSR count). The molecule has 0 aromatic heterocycles. The molecule has 1 fully saturated rings. The van der Waals surface area contributed by atoms with Crippen LogP contribution in [0.2, 0.25) is 0 Å². The number of aliphatic hydroxyl groups is 1. The van der Waals surface area contributed by atoms with Gasteiger partial charge in [0.1, 0.15) is 5.75 Å². The number of esters is 1. The summed E-state index contributed by atoms with van der Waals surface area (Å²) in [7, 11) is 0. The van der Waals surface area contributed by atoms with Gasteiger partial charge in [-0.05, 0) is 72.6 Å². The molecule has 0 atom stereocenters. The molecule has 0 saturated heterocycles. The Labute approximate surface area is 165 Å². The Kier molecular flexibility index (Phi) is 5.54. The Morgan fingerprint density at radius 3 is 2.00 bits per heavy atom. The van der Waals surface area contributed by atoms with Crippen LogP contribution in [0.15, 0.2) is 78.9 Å². The Hall–Kier alpha value is -2.91. The van der Waals surface area contributed by atoms with E-state index in [-0.39, 0.29) is 12.1 Å². The molecule has 1 saturated carbocycles. The second kappa shape index (κ2) is 8.41. The average Bonchev–Trinajstić information content (AvgIpc) is 2.76. The van der Waals surface area contributed by atoms with Gasteiger partial charge in [-0.3, -0.25) is 0 Å². The summed E-state index contributed by atoms with van der Waals surface area (Å²) in [5.41, 5.74) is 3.97. The third-order valence-electron chi connectivity index (χ3n) is 5.49. The zero-order chi connectivity index (χ0) is 19.3. The van der Waals surface area contributed by atoms with Crippen LogP contribution in [0, 0.1) is 0 Å². The van der Waals surface area contributed by atoms with Gasteiger partial charge in [-0.25, -0.2) is 4.79 Å². The Bertz CT molecular complexity index is 906. The first-order valence-corrected chi connectivity index (χ1v) is 9.85. The molecule has 0 aliphatic heterocycles. The van der Waals surface area contributed by atoms with Crippen molar-refractivity contribution >= 4 is 5.97 Å². The number of hydrogen-bond donors (Lipinski definition) is 1. The van der Waals surface area contributed by atoms with Crippen molar-refractivity contribution in [1.29, 1.82) is 0 Å². The maximum atomic E-state index is 12.4. The van der Waals surface area contributed by atoms with Gasteiger partial charge in [0.2, 0.25) is 0 Å². The summed E-state index contributed by atoms with van der Waals surface area (Å²) in [6.45, 7) is 0. The summed E-state index contributed by atoms with van der Waals surface area (Å²) < 4.78 is 5.53. The normalized spacial score (nSPS) is 19.2. The summed E-state index contributed by atoms with van der Waals surface area (Å²) in [5, 5.41) is 9.65. The van der Waals surface area contributed by atoms with Gasteiger partial charge in [-0.15, -0.1) is 0 Å². The van der Waals surface area contributed by atoms with Crippen LogP contribution in [-0.4, -0.2) is 17.2 Å². The largest absolute Gasteiger partial charge is 0.423 e. The molecule has 0 heterocycles. The fraction of sp³-hybridized carbons (Fsp3) is 0.240. The highest BCUT2D eigenvalue weighted by Crippen LogP contribution is 2.33. The first-order chi connectivity index (χ1) is 13.7. The number of benzene rings is 3. The lowest BCUT2D eigenvalue weighted by molar-refractivity contribution is 0.0734. The topological polar surface area (TPSA) is 46.5 Å². The summed E-state index contributed by atoms with van der Waals surface area (Å²) in [4.78, 5) is 12.4. The quantitative estimate of drug-likeness (QED) is 0.479. The van der Waals surface area contributed by atoms with Crippen molar-refractivity contribution in [1.82, 2.24) is 0 Å². The van der Waals surface area contributed by atoms with E-state index in [2.05, 4.69) is 0 Å². The standard InChI is InChI=1S/C25H24O3/c26-23-14-10-20(11-15-23)21-12-16-24(17-13-21)28-25(27)22-8-6-19(7-9-22)18-4-2-1-3-5-18/h1-9,12-13,16-17,20,23,26H,10-11,14-15H2. The maximum Gasteiger partial charge on any atom is 0.343 e. The second-order valence-corrected chi connectivity index (χ2v) is 7.41. The van der Waals surface area contributed by atoms with Gasteiger partial charge in [0.05, 0.1) is 11.7 Å². The molecular weight excluding hydrogens is 348 g/mol. The Morgan fingerprint density at radius 2 is 1.36 bits per heavy atom. The average molecular weight is 372 g/mol. The SMILES string of the molecule is O=C(Oc1ccc(C2CCC(O)CC2)cc1)c1ccc(-c2ccccc2)cc1. The van der Waals surface area contributed by atoms with Gasteiger partial charge in [0.15, 0.2) is 0 Å². The van der Waals surface area contributed by atoms with E-state index in [1.165, 1.54) is 5.56 Å². The highest BCUT2D eigenvalue weighted by Gasteiger charge is 2.20. The van der Waals surface area contributed by atoms with Crippen LogP contribution in [0.3, 0.4) is 0 Å². The predicted molar refractivity (Wildman–Crippen MR) is 110 cm³/mol. The van der Waals surface area contributed by atoms with Crippen molar-refractivity contribution in [2.24, 2.45) is 0 Å². The summed E-state index contributed by atoms with van der Waals surface area (Å²) in [6, 6.07) is 25.3. The van der Waals surface area contributed by atoms with Crippen molar-refractivity contribution in [2.75, 3.05) is 0 Å². The summed E-state index contributed by atoms with van der Waals surface area (Å²) in [6.07, 6.45) is 3.59. The van der Waals surface area contributed by atoms with Crippen LogP contribution in [0.4, 0.5) is 0 Å². The van der Waals surface area contributed by atoms with Gasteiger partial charge in [0.25, 0.3) is 0 Å². The molecular formula is C25H24O3. The molecule has 0 radical (unpaired) electrons. The van der Waals surface area contributed by atoms with E-state index in [1.54, 1.807) is 12.1 Å². The van der Waals surface area contributed by atoms with E-state index in [9.17, 15) is 9.90 Å². The Morgan fingerprint density at radius 1 is 0.750 bits per heavy atom. The van der Waals surface area contributed by atoms with Gasteiger partial charge in [0, 0.05) is 0 Å². The molecule has 1 aliphatic rings. The lowest BCUT2D eigenvalue weighted by Crippen LogP contribution is -2.16. The van der Waals surface area contributed by atoms with Crippen LogP contribution in [0.5, 0.6) is 5.75 Å². The minimum absolute atomic E-state index is 0.148. The monoisotopic (exact) mass is 372 g/mol. The zero-order valence-electron chi connectivity index (χ0n) is 15.8. The molecule has 0 unspecified atom stereocenters. The van der Waals surface area contributed by atoms with E-state index in [0.717, 1.165) is 36.8 Å². The lowest BCUT2D eigenvalue weighted by Gasteiger charge is -2.25. The molecule has 0 amide bonds. The third-order valence-corrected chi connectivity index (χ3v) is 5.49. The van der Waals surface area contributed by atoms with Crippen LogP contribution >= 0.6 is 0 Å². The molecule has 1 N–H and O–H groups in total. The minimum atomic E-state index is -0.354. The number of carbonyl (C=O) groups is 1. The van der Waals surface area contributed by atoms with E-state index in [1.807, 2.05) is 66.7 Å². The molecule has 0 bridgehead atoms. The van der Waals surface area contributed by atoms with Crippen LogP contribution in [-0.2, 0) is 0 Å². The molecule has 3 nitrogen and oxygen atoms in total. The van der Waals surface area contributed by atoms with E-state index in [4.69, 9.17) is 4.74 Å². The zero-order valence-corrected chi connectivity index (χ0v) is 15.8. The molecule has 1 aliphatic carbocycles. The van der Waals surface area contributed by atoms with Crippen molar-refractivity contribution in [3.05, 3.63) is 90.0 Å². The number of carbonyl (C=O) groups excluding carboxylic acids is 1. The predicted octanol–water partition coefficient (Wildman–Crippen LogP) is 5.59. The van der Waals surface area contributed by atoms with Crippen LogP contribution in [0.1, 0.15) is 47.5 Å². The van der Waals surface area contributed by atoms with E-state index < -0.39 is 0 Å². The smallest absolute Gasteiger partial charge is 0.343 e. The molecule has 3 aromatic rings. The van der Waals surface area contributed by atoms with Crippen LogP contribution < -0.4 is 4.74 Å². The maximum absolute atomic E-state index is 12.4. The van der Waals surface area contributed by atoms with Crippen molar-refractivity contribution < 1.29 is 14.6 Å². The fourth-order valence-electron chi connectivity index (χ4n) is 3.81. The van der Waals surface area contributed by atoms with E-state index >= 15 is 0 Å². The number of aliphatic hydroxyl groups excluding tert-OH is 1. The number of rotatable bonds is 4.